The van der Waals surface area contributed by atoms with Crippen LogP contribution in [0.25, 0.3) is 0 Å². The largest absolute Gasteiger partial charge is 0.466 e. The lowest BCUT2D eigenvalue weighted by Crippen LogP contribution is -2.45. The molecule has 3 N–H and O–H groups in total. The van der Waals surface area contributed by atoms with E-state index in [2.05, 4.69) is 43.5 Å². The zero-order valence-corrected chi connectivity index (χ0v) is 47.3. The van der Waals surface area contributed by atoms with Crippen molar-refractivity contribution in [3.8, 4) is 0 Å². The molecule has 0 aromatic heterocycles. The van der Waals surface area contributed by atoms with Gasteiger partial charge in [0.15, 0.2) is 0 Å². The molecule has 1 amide bonds. The minimum absolute atomic E-state index is 0.00719. The average Bonchev–Trinajstić information content (AvgIpc) is 3.36. The minimum atomic E-state index is -0.671. The summed E-state index contributed by atoms with van der Waals surface area (Å²) >= 11 is 0. The Labute approximate surface area is 437 Å². The maximum Gasteiger partial charge on any atom is 0.305 e. The molecule has 6 heteroatoms. The summed E-state index contributed by atoms with van der Waals surface area (Å²) in [5.74, 6) is -0.0351. The SMILES string of the molecule is CCCCCCCCCCCCCCCCCCCCCC(O)C(CO)NC(=O)CCCCCCCCC/C=C\C/C=C\CCCCCCCCCCCOC(=O)CCCCCCCCCCCCC. The quantitative estimate of drug-likeness (QED) is 0.0321. The second-order valence-corrected chi connectivity index (χ2v) is 21.7. The van der Waals surface area contributed by atoms with Crippen molar-refractivity contribution < 1.29 is 24.5 Å². The normalized spacial score (nSPS) is 12.7. The molecule has 414 valence electrons. The van der Waals surface area contributed by atoms with Crippen molar-refractivity contribution in [3.05, 3.63) is 24.3 Å². The van der Waals surface area contributed by atoms with Gasteiger partial charge in [-0.05, 0) is 57.8 Å². The van der Waals surface area contributed by atoms with E-state index in [1.54, 1.807) is 0 Å². The summed E-state index contributed by atoms with van der Waals surface area (Å²) in [6.45, 7) is 4.96. The molecule has 70 heavy (non-hydrogen) atoms. The lowest BCUT2D eigenvalue weighted by atomic mass is 10.0. The van der Waals surface area contributed by atoms with Crippen molar-refractivity contribution in [1.82, 2.24) is 5.32 Å². The van der Waals surface area contributed by atoms with Gasteiger partial charge in [-0.2, -0.15) is 0 Å². The van der Waals surface area contributed by atoms with E-state index in [4.69, 9.17) is 4.74 Å². The number of rotatable bonds is 59. The zero-order valence-electron chi connectivity index (χ0n) is 47.3. The van der Waals surface area contributed by atoms with Crippen molar-refractivity contribution in [2.75, 3.05) is 13.2 Å². The fourth-order valence-corrected chi connectivity index (χ4v) is 9.91. The number of aliphatic hydroxyl groups is 2. The number of hydrogen-bond acceptors (Lipinski definition) is 5. The number of unbranched alkanes of at least 4 members (excludes halogenated alkanes) is 44. The van der Waals surface area contributed by atoms with Gasteiger partial charge >= 0.3 is 5.97 Å². The van der Waals surface area contributed by atoms with Gasteiger partial charge in [0, 0.05) is 12.8 Å². The van der Waals surface area contributed by atoms with Crippen LogP contribution in [0.3, 0.4) is 0 Å². The number of amides is 1. The molecule has 0 aromatic carbocycles. The lowest BCUT2D eigenvalue weighted by Gasteiger charge is -2.22. The summed E-state index contributed by atoms with van der Waals surface area (Å²) in [6, 6.07) is -0.549. The Morgan fingerprint density at radius 1 is 0.400 bits per heavy atom. The van der Waals surface area contributed by atoms with Crippen LogP contribution in [0.15, 0.2) is 24.3 Å². The van der Waals surface area contributed by atoms with Gasteiger partial charge in [-0.3, -0.25) is 9.59 Å². The molecule has 0 bridgehead atoms. The highest BCUT2D eigenvalue weighted by atomic mass is 16.5. The van der Waals surface area contributed by atoms with E-state index in [1.165, 1.54) is 270 Å². The van der Waals surface area contributed by atoms with Crippen LogP contribution in [0.1, 0.15) is 348 Å². The van der Waals surface area contributed by atoms with E-state index in [1.807, 2.05) is 0 Å². The number of esters is 1. The van der Waals surface area contributed by atoms with Gasteiger partial charge in [-0.25, -0.2) is 0 Å². The molecule has 0 aliphatic carbocycles. The number of nitrogens with one attached hydrogen (secondary N) is 1. The highest BCUT2D eigenvalue weighted by molar-refractivity contribution is 5.76. The first-order valence-corrected chi connectivity index (χ1v) is 31.6. The topological polar surface area (TPSA) is 95.9 Å². The van der Waals surface area contributed by atoms with Crippen LogP contribution < -0.4 is 5.32 Å². The summed E-state index contributed by atoms with van der Waals surface area (Å²) in [4.78, 5) is 24.5. The highest BCUT2D eigenvalue weighted by Gasteiger charge is 2.20. The van der Waals surface area contributed by atoms with Gasteiger partial charge < -0.3 is 20.3 Å². The summed E-state index contributed by atoms with van der Waals surface area (Å²) in [7, 11) is 0. The van der Waals surface area contributed by atoms with E-state index >= 15 is 0 Å². The molecule has 2 unspecified atom stereocenters. The van der Waals surface area contributed by atoms with Crippen molar-refractivity contribution in [2.45, 2.75) is 360 Å². The maximum absolute atomic E-state index is 12.5. The van der Waals surface area contributed by atoms with E-state index in [0.717, 1.165) is 44.9 Å². The average molecular weight is 987 g/mol. The fraction of sp³-hybridized carbons (Fsp3) is 0.906. The Bertz CT molecular complexity index is 1090. The summed E-state index contributed by atoms with van der Waals surface area (Å²) in [5.41, 5.74) is 0. The predicted octanol–water partition coefficient (Wildman–Crippen LogP) is 19.8. The molecule has 6 nitrogen and oxygen atoms in total. The summed E-state index contributed by atoms with van der Waals surface area (Å²) < 4.78 is 5.46. The van der Waals surface area contributed by atoms with Crippen LogP contribution in [-0.2, 0) is 14.3 Å². The number of allylic oxidation sites excluding steroid dienone is 4. The van der Waals surface area contributed by atoms with E-state index in [-0.39, 0.29) is 18.5 Å². The molecule has 2 atom stereocenters. The number of carbonyl (C=O) groups is 2. The van der Waals surface area contributed by atoms with Crippen LogP contribution in [0.2, 0.25) is 0 Å². The van der Waals surface area contributed by atoms with Gasteiger partial charge in [-0.1, -0.05) is 301 Å². The number of ether oxygens (including phenoxy) is 1. The third kappa shape index (κ3) is 55.7. The van der Waals surface area contributed by atoms with Gasteiger partial charge in [0.25, 0.3) is 0 Å². The molecule has 0 heterocycles. The first-order valence-electron chi connectivity index (χ1n) is 31.6. The molecule has 0 spiro atoms. The molecular weight excluding hydrogens is 863 g/mol. The van der Waals surface area contributed by atoms with Crippen molar-refractivity contribution in [1.29, 1.82) is 0 Å². The number of aliphatic hydroxyl groups excluding tert-OH is 2. The van der Waals surface area contributed by atoms with Crippen LogP contribution in [-0.4, -0.2) is 47.4 Å². The molecule has 0 saturated carbocycles. The zero-order chi connectivity index (χ0) is 50.7. The highest BCUT2D eigenvalue weighted by Crippen LogP contribution is 2.18. The van der Waals surface area contributed by atoms with E-state index in [9.17, 15) is 19.8 Å². The van der Waals surface area contributed by atoms with Gasteiger partial charge in [0.2, 0.25) is 5.91 Å². The molecule has 0 aliphatic rings. The summed E-state index contributed by atoms with van der Waals surface area (Å²) in [5, 5.41) is 23.3. The van der Waals surface area contributed by atoms with Crippen molar-refractivity contribution >= 4 is 11.9 Å². The van der Waals surface area contributed by atoms with Crippen LogP contribution in [0.5, 0.6) is 0 Å². The Kier molecular flexibility index (Phi) is 58.5. The van der Waals surface area contributed by atoms with Crippen molar-refractivity contribution in [2.24, 2.45) is 0 Å². The molecule has 0 rings (SSSR count). The van der Waals surface area contributed by atoms with Gasteiger partial charge in [0.1, 0.15) is 0 Å². The minimum Gasteiger partial charge on any atom is -0.466 e. The fourth-order valence-electron chi connectivity index (χ4n) is 9.91. The summed E-state index contributed by atoms with van der Waals surface area (Å²) in [6.07, 6.45) is 73.3. The Morgan fingerprint density at radius 3 is 1.09 bits per heavy atom. The third-order valence-electron chi connectivity index (χ3n) is 14.8. The third-order valence-corrected chi connectivity index (χ3v) is 14.8. The van der Waals surface area contributed by atoms with Gasteiger partial charge in [0.05, 0.1) is 25.4 Å². The second-order valence-electron chi connectivity index (χ2n) is 21.7. The molecule has 0 aromatic rings. The predicted molar refractivity (Wildman–Crippen MR) is 306 cm³/mol. The van der Waals surface area contributed by atoms with Crippen LogP contribution >= 0.6 is 0 Å². The standard InChI is InChI=1S/C64H123NO5/c1-3-5-7-9-11-13-15-16-17-18-24-27-30-33-37-40-44-48-52-56-62(67)61(60-66)65-63(68)57-53-49-45-41-38-34-31-28-25-22-20-19-21-23-26-29-32-35-39-43-47-51-55-59-70-64(69)58-54-50-46-42-36-14-12-10-8-6-4-2/h19,21-22,25,61-62,66-67H,3-18,20,23-24,26-60H2,1-2H3,(H,65,68)/b21-19-,25-22-. The van der Waals surface area contributed by atoms with Crippen LogP contribution in [0, 0.1) is 0 Å². The first-order chi connectivity index (χ1) is 34.5. The molecule has 0 fully saturated rings. The van der Waals surface area contributed by atoms with Gasteiger partial charge in [-0.15, -0.1) is 0 Å². The van der Waals surface area contributed by atoms with E-state index < -0.39 is 12.1 Å². The maximum atomic E-state index is 12.5. The molecule has 0 saturated heterocycles. The van der Waals surface area contributed by atoms with Crippen LogP contribution in [0.4, 0.5) is 0 Å². The Balaban J connectivity index is 3.45. The molecule has 0 radical (unpaired) electrons. The van der Waals surface area contributed by atoms with E-state index in [0.29, 0.717) is 25.9 Å². The Hall–Kier alpha value is -1.66. The lowest BCUT2D eigenvalue weighted by molar-refractivity contribution is -0.143. The second kappa shape index (κ2) is 59.9. The number of carbonyl (C=O) groups excluding carboxylic acids is 2. The first kappa shape index (κ1) is 68.3. The Morgan fingerprint density at radius 2 is 0.714 bits per heavy atom. The monoisotopic (exact) mass is 986 g/mol. The molecular formula is C64H123NO5. The molecule has 0 aliphatic heterocycles. The smallest absolute Gasteiger partial charge is 0.305 e. The number of hydrogen-bond donors (Lipinski definition) is 3. The van der Waals surface area contributed by atoms with Crippen molar-refractivity contribution in [3.63, 3.8) is 0 Å².